The first-order valence-electron chi connectivity index (χ1n) is 2.64. The average Bonchev–Trinajstić information content (AvgIpc) is 1.85. The summed E-state index contributed by atoms with van der Waals surface area (Å²) in [6, 6.07) is 0. The summed E-state index contributed by atoms with van der Waals surface area (Å²) in [4.78, 5) is 20.0. The van der Waals surface area contributed by atoms with Gasteiger partial charge < -0.3 is 10.1 Å². The number of carbonyl (C=O) groups is 2. The molecule has 0 aromatic rings. The van der Waals surface area contributed by atoms with Crippen LogP contribution in [0.2, 0.25) is 0 Å². The van der Waals surface area contributed by atoms with Crippen molar-refractivity contribution in [1.82, 2.24) is 5.32 Å². The summed E-state index contributed by atoms with van der Waals surface area (Å²) in [5.41, 5.74) is 0. The molecule has 0 rings (SSSR count). The van der Waals surface area contributed by atoms with E-state index < -0.39 is 5.97 Å². The molecule has 0 fully saturated rings. The monoisotopic (exact) mass is 133 g/mol. The fourth-order valence-electron chi connectivity index (χ4n) is 0.337. The molecule has 0 unspecified atom stereocenters. The Hall–Kier alpha value is -1.06. The van der Waals surface area contributed by atoms with Crippen LogP contribution in [-0.2, 0) is 14.3 Å². The van der Waals surface area contributed by atoms with Gasteiger partial charge in [-0.15, -0.1) is 0 Å². The van der Waals surface area contributed by atoms with Crippen molar-refractivity contribution in [2.75, 3.05) is 13.2 Å². The second-order valence-electron chi connectivity index (χ2n) is 1.30. The molecule has 0 radical (unpaired) electrons. The Bertz CT molecular complexity index is 102. The lowest BCUT2D eigenvalue weighted by molar-refractivity contribution is -0.142. The highest BCUT2D eigenvalue weighted by Gasteiger charge is 1.96. The van der Waals surface area contributed by atoms with Crippen LogP contribution in [0.5, 0.6) is 0 Å². The summed E-state index contributed by atoms with van der Waals surface area (Å²) in [6.45, 7) is 2.01. The smallest absolute Gasteiger partial charge is 0.325 e. The molecule has 0 atom stereocenters. The van der Waals surface area contributed by atoms with E-state index in [2.05, 4.69) is 10.1 Å². The van der Waals surface area contributed by atoms with E-state index in [1.807, 2.05) is 0 Å². The largest absolute Gasteiger partial charge is 0.465 e. The Morgan fingerprint density at radius 2 is 2.44 bits per heavy atom. The standard InChI is InChI=1S/C5H9NO3/c1-2-9-5(8)3-6-4-7/h4H,2-3H2,1H3,(H,6,7)/i3+1,5+1. The number of ether oxygens (including phenoxy) is 1. The Morgan fingerprint density at radius 1 is 1.78 bits per heavy atom. The molecule has 1 N–H and O–H groups in total. The van der Waals surface area contributed by atoms with Crippen LogP contribution in [0.1, 0.15) is 6.92 Å². The molecule has 1 amide bonds. The lowest BCUT2D eigenvalue weighted by atomic mass is 10.9. The highest BCUT2D eigenvalue weighted by molar-refractivity contribution is 5.73. The third-order valence-electron chi connectivity index (χ3n) is 0.635. The fourth-order valence-corrected chi connectivity index (χ4v) is 0.337. The number of nitrogens with one attached hydrogen (secondary N) is 1. The normalized spacial score (nSPS) is 8.11. The Kier molecular flexibility index (Phi) is 4.49. The summed E-state index contributed by atoms with van der Waals surface area (Å²) >= 11 is 0. The molecule has 0 aliphatic carbocycles. The second-order valence-corrected chi connectivity index (χ2v) is 1.30. The number of hydrogen-bond acceptors (Lipinski definition) is 3. The molecule has 0 spiro atoms. The van der Waals surface area contributed by atoms with E-state index in [4.69, 9.17) is 0 Å². The zero-order chi connectivity index (χ0) is 7.11. The molecule has 0 aromatic carbocycles. The van der Waals surface area contributed by atoms with Gasteiger partial charge in [-0.1, -0.05) is 0 Å². The van der Waals surface area contributed by atoms with Crippen LogP contribution < -0.4 is 5.32 Å². The summed E-state index contributed by atoms with van der Waals surface area (Å²) in [5, 5.41) is 2.18. The molecule has 0 aromatic heterocycles. The lowest BCUT2D eigenvalue weighted by Crippen LogP contribution is -2.23. The first-order chi connectivity index (χ1) is 4.31. The van der Waals surface area contributed by atoms with Crippen LogP contribution in [-0.4, -0.2) is 25.5 Å². The minimum Gasteiger partial charge on any atom is -0.465 e. The average molecular weight is 133 g/mol. The fraction of sp³-hybridized carbons (Fsp3) is 0.600. The van der Waals surface area contributed by atoms with Crippen molar-refractivity contribution in [3.05, 3.63) is 0 Å². The van der Waals surface area contributed by atoms with Gasteiger partial charge in [-0.2, -0.15) is 0 Å². The lowest BCUT2D eigenvalue weighted by Gasteiger charge is -1.97. The summed E-state index contributed by atoms with van der Waals surface area (Å²) in [6.07, 6.45) is 0.455. The molecule has 0 aliphatic rings. The molecule has 4 heteroatoms. The molecule has 0 saturated carbocycles. The number of rotatable bonds is 4. The highest BCUT2D eigenvalue weighted by atomic mass is 16.6. The number of esters is 1. The summed E-state index contributed by atoms with van der Waals surface area (Å²) in [7, 11) is 0. The molecule has 0 heterocycles. The topological polar surface area (TPSA) is 55.4 Å². The van der Waals surface area contributed by atoms with Crippen LogP contribution >= 0.6 is 0 Å². The van der Waals surface area contributed by atoms with Gasteiger partial charge in [-0.05, 0) is 6.92 Å². The van der Waals surface area contributed by atoms with Crippen LogP contribution in [0.3, 0.4) is 0 Å². The van der Waals surface area contributed by atoms with Crippen molar-refractivity contribution in [2.45, 2.75) is 6.92 Å². The molecule has 52 valence electrons. The predicted molar refractivity (Wildman–Crippen MR) is 30.7 cm³/mol. The van der Waals surface area contributed by atoms with Crippen LogP contribution in [0.15, 0.2) is 0 Å². The van der Waals surface area contributed by atoms with Crippen molar-refractivity contribution < 1.29 is 14.3 Å². The Labute approximate surface area is 53.2 Å². The van der Waals surface area contributed by atoms with Crippen LogP contribution in [0.25, 0.3) is 0 Å². The minimum absolute atomic E-state index is 0.0443. The minimum atomic E-state index is -0.412. The number of carbonyl (C=O) groups excluding carboxylic acids is 2. The van der Waals surface area contributed by atoms with Crippen molar-refractivity contribution in [3.63, 3.8) is 0 Å². The molecule has 9 heavy (non-hydrogen) atoms. The van der Waals surface area contributed by atoms with E-state index in [1.165, 1.54) is 0 Å². The Morgan fingerprint density at radius 3 is 2.89 bits per heavy atom. The first kappa shape index (κ1) is 7.94. The molecule has 0 saturated heterocycles. The SMILES string of the molecule is CCO[13C](=O)[13CH2]NC=O. The van der Waals surface area contributed by atoms with E-state index >= 15 is 0 Å². The highest BCUT2D eigenvalue weighted by Crippen LogP contribution is 1.72. The van der Waals surface area contributed by atoms with Crippen LogP contribution in [0, 0.1) is 0 Å². The van der Waals surface area contributed by atoms with Crippen molar-refractivity contribution in [3.8, 4) is 0 Å². The zero-order valence-electron chi connectivity index (χ0n) is 5.22. The van der Waals surface area contributed by atoms with Gasteiger partial charge >= 0.3 is 5.97 Å². The van der Waals surface area contributed by atoms with Gasteiger partial charge in [0.05, 0.1) is 6.61 Å². The quantitative estimate of drug-likeness (QED) is 0.313. The molecule has 4 nitrogen and oxygen atoms in total. The third kappa shape index (κ3) is 4.80. The maximum Gasteiger partial charge on any atom is 0.325 e. The summed E-state index contributed by atoms with van der Waals surface area (Å²) < 4.78 is 4.48. The third-order valence-corrected chi connectivity index (χ3v) is 0.635. The number of hydrogen-bond donors (Lipinski definition) is 1. The summed E-state index contributed by atoms with van der Waals surface area (Å²) in [5.74, 6) is -0.412. The molecular weight excluding hydrogens is 124 g/mol. The van der Waals surface area contributed by atoms with Gasteiger partial charge in [0, 0.05) is 0 Å². The van der Waals surface area contributed by atoms with Gasteiger partial charge in [0.1, 0.15) is 6.54 Å². The first-order valence-corrected chi connectivity index (χ1v) is 2.64. The number of amides is 1. The van der Waals surface area contributed by atoms with Crippen LogP contribution in [0.4, 0.5) is 0 Å². The second kappa shape index (κ2) is 5.08. The zero-order valence-corrected chi connectivity index (χ0v) is 5.22. The van der Waals surface area contributed by atoms with Gasteiger partial charge in [-0.25, -0.2) is 0 Å². The Balaban J connectivity index is 3.16. The molecular formula is C5H9NO3. The van der Waals surface area contributed by atoms with E-state index in [1.54, 1.807) is 6.92 Å². The van der Waals surface area contributed by atoms with E-state index in [0.717, 1.165) is 0 Å². The predicted octanol–water partition coefficient (Wildman–Crippen LogP) is -0.705. The van der Waals surface area contributed by atoms with Crippen molar-refractivity contribution >= 4 is 12.4 Å². The van der Waals surface area contributed by atoms with Crippen molar-refractivity contribution in [1.29, 1.82) is 0 Å². The van der Waals surface area contributed by atoms with Crippen molar-refractivity contribution in [2.24, 2.45) is 0 Å². The van der Waals surface area contributed by atoms with E-state index in [-0.39, 0.29) is 6.54 Å². The van der Waals surface area contributed by atoms with Gasteiger partial charge in [0.15, 0.2) is 0 Å². The molecule has 0 aliphatic heterocycles. The van der Waals surface area contributed by atoms with E-state index in [0.29, 0.717) is 13.0 Å². The van der Waals surface area contributed by atoms with Gasteiger partial charge in [0.2, 0.25) is 6.41 Å². The van der Waals surface area contributed by atoms with Gasteiger partial charge in [-0.3, -0.25) is 9.59 Å². The van der Waals surface area contributed by atoms with E-state index in [9.17, 15) is 9.59 Å². The maximum absolute atomic E-state index is 10.4. The van der Waals surface area contributed by atoms with Gasteiger partial charge in [0.25, 0.3) is 0 Å². The maximum atomic E-state index is 10.4. The molecule has 0 bridgehead atoms.